The van der Waals surface area contributed by atoms with Crippen molar-refractivity contribution in [1.82, 2.24) is 4.90 Å². The first kappa shape index (κ1) is 42.0. The molecular formula is C43H87N. The van der Waals surface area contributed by atoms with Crippen LogP contribution in [-0.4, -0.2) is 25.0 Å². The summed E-state index contributed by atoms with van der Waals surface area (Å²) in [4.78, 5) is 2.52. The number of unbranched alkanes of at least 4 members (excludes halogenated alkanes) is 28. The van der Waals surface area contributed by atoms with Crippen molar-refractivity contribution in [1.29, 1.82) is 0 Å². The van der Waals surface area contributed by atoms with Gasteiger partial charge in [-0.3, -0.25) is 0 Å². The van der Waals surface area contributed by atoms with Crippen molar-refractivity contribution in [2.45, 2.75) is 251 Å². The lowest BCUT2D eigenvalue weighted by atomic mass is 9.99. The van der Waals surface area contributed by atoms with Crippen LogP contribution in [0.3, 0.4) is 0 Å². The minimum absolute atomic E-state index is 0.819. The van der Waals surface area contributed by atoms with E-state index in [1.807, 2.05) is 0 Å². The van der Waals surface area contributed by atoms with E-state index in [4.69, 9.17) is 0 Å². The van der Waals surface area contributed by atoms with E-state index < -0.39 is 0 Å². The van der Waals surface area contributed by atoms with E-state index in [-0.39, 0.29) is 0 Å². The monoisotopic (exact) mass is 618 g/mol. The summed E-state index contributed by atoms with van der Waals surface area (Å²) >= 11 is 0. The Bertz CT molecular complexity index is 541. The molecule has 0 aromatic rings. The second-order valence-electron chi connectivity index (χ2n) is 15.8. The minimum atomic E-state index is 0.819. The summed E-state index contributed by atoms with van der Waals surface area (Å²) in [6.45, 7) is 4.63. The zero-order chi connectivity index (χ0) is 31.8. The quantitative estimate of drug-likeness (QED) is 0.0627. The fraction of sp³-hybridized carbons (Fsp3) is 1.00. The molecule has 0 spiro atoms. The first-order valence-corrected chi connectivity index (χ1v) is 21.3. The molecule has 0 saturated heterocycles. The van der Waals surface area contributed by atoms with Crippen LogP contribution >= 0.6 is 0 Å². The van der Waals surface area contributed by atoms with Gasteiger partial charge in [-0.15, -0.1) is 0 Å². The van der Waals surface area contributed by atoms with E-state index in [2.05, 4.69) is 32.8 Å². The summed E-state index contributed by atoms with van der Waals surface area (Å²) in [5.41, 5.74) is 0. The van der Waals surface area contributed by atoms with Gasteiger partial charge in [0.2, 0.25) is 0 Å². The molecule has 1 saturated carbocycles. The van der Waals surface area contributed by atoms with Gasteiger partial charge in [0, 0.05) is 6.04 Å². The SMILES string of the molecule is CCCCCCCCCCCCCCCCCCCCCCC(CCCCCCC[C@H]1C[C@H]1CCCCCCCC)N(C)C. The Morgan fingerprint density at radius 2 is 0.614 bits per heavy atom. The van der Waals surface area contributed by atoms with Crippen LogP contribution in [0, 0.1) is 11.8 Å². The van der Waals surface area contributed by atoms with E-state index in [0.29, 0.717) is 0 Å². The summed E-state index contributed by atoms with van der Waals surface area (Å²) in [5.74, 6) is 2.24. The Hall–Kier alpha value is -0.0400. The highest BCUT2D eigenvalue weighted by atomic mass is 15.1. The van der Waals surface area contributed by atoms with Gasteiger partial charge in [-0.25, -0.2) is 0 Å². The maximum Gasteiger partial charge on any atom is 0.00891 e. The molecule has 44 heavy (non-hydrogen) atoms. The van der Waals surface area contributed by atoms with E-state index in [9.17, 15) is 0 Å². The molecule has 1 nitrogen and oxygen atoms in total. The lowest BCUT2D eigenvalue weighted by Crippen LogP contribution is -2.27. The lowest BCUT2D eigenvalue weighted by Gasteiger charge is -2.24. The van der Waals surface area contributed by atoms with Crippen molar-refractivity contribution >= 4 is 0 Å². The summed E-state index contributed by atoms with van der Waals surface area (Å²) in [6, 6.07) is 0.819. The normalized spacial score (nSPS) is 17.1. The summed E-state index contributed by atoms with van der Waals surface area (Å²) in [5, 5.41) is 0. The van der Waals surface area contributed by atoms with E-state index in [0.717, 1.165) is 17.9 Å². The van der Waals surface area contributed by atoms with Gasteiger partial charge in [-0.2, -0.15) is 0 Å². The van der Waals surface area contributed by atoms with Crippen molar-refractivity contribution in [2.24, 2.45) is 11.8 Å². The number of hydrogen-bond donors (Lipinski definition) is 0. The van der Waals surface area contributed by atoms with Gasteiger partial charge >= 0.3 is 0 Å². The van der Waals surface area contributed by atoms with Gasteiger partial charge in [0.05, 0.1) is 0 Å². The van der Waals surface area contributed by atoms with Gasteiger partial charge < -0.3 is 4.90 Å². The van der Waals surface area contributed by atoms with Crippen LogP contribution in [0.2, 0.25) is 0 Å². The Labute approximate surface area is 281 Å². The predicted octanol–water partition coefficient (Wildman–Crippen LogP) is 15.2. The minimum Gasteiger partial charge on any atom is -0.306 e. The molecule has 1 heteroatoms. The molecule has 1 rings (SSSR count). The molecule has 0 heterocycles. The molecule has 264 valence electrons. The molecule has 0 bridgehead atoms. The third kappa shape index (κ3) is 28.2. The van der Waals surface area contributed by atoms with Gasteiger partial charge in [-0.1, -0.05) is 226 Å². The zero-order valence-corrected chi connectivity index (χ0v) is 31.6. The van der Waals surface area contributed by atoms with Crippen LogP contribution in [0.25, 0.3) is 0 Å². The lowest BCUT2D eigenvalue weighted by molar-refractivity contribution is 0.251. The first-order chi connectivity index (χ1) is 21.7. The smallest absolute Gasteiger partial charge is 0.00891 e. The van der Waals surface area contributed by atoms with Crippen molar-refractivity contribution < 1.29 is 0 Å². The Morgan fingerprint density at radius 1 is 0.364 bits per heavy atom. The van der Waals surface area contributed by atoms with Crippen molar-refractivity contribution in [3.63, 3.8) is 0 Å². The fourth-order valence-electron chi connectivity index (χ4n) is 7.82. The Balaban J connectivity index is 1.79. The summed E-state index contributed by atoms with van der Waals surface area (Å²) in [7, 11) is 4.64. The molecule has 0 aromatic carbocycles. The average Bonchev–Trinajstić information content (AvgIpc) is 3.77. The molecule has 0 amide bonds. The standard InChI is InChI=1S/C43H87N/c1-5-7-9-11-13-14-15-16-17-18-19-20-21-22-23-24-25-26-30-34-38-43(44(3)4)39-35-31-27-29-33-37-42-40-41(42)36-32-28-12-10-8-6-2/h41-43H,5-40H2,1-4H3/t41-,42+,43?/m1/s1. The molecule has 1 unspecified atom stereocenters. The molecule has 0 radical (unpaired) electrons. The van der Waals surface area contributed by atoms with Crippen LogP contribution in [0.15, 0.2) is 0 Å². The second-order valence-corrected chi connectivity index (χ2v) is 15.8. The largest absolute Gasteiger partial charge is 0.306 e. The van der Waals surface area contributed by atoms with E-state index >= 15 is 0 Å². The number of nitrogens with zero attached hydrogens (tertiary/aromatic N) is 1. The molecule has 0 aromatic heterocycles. The first-order valence-electron chi connectivity index (χ1n) is 21.3. The summed E-state index contributed by atoms with van der Waals surface area (Å²) in [6.07, 6.45) is 53.2. The third-order valence-electron chi connectivity index (χ3n) is 11.2. The van der Waals surface area contributed by atoms with Crippen LogP contribution < -0.4 is 0 Å². The molecular weight excluding hydrogens is 530 g/mol. The predicted molar refractivity (Wildman–Crippen MR) is 202 cm³/mol. The molecule has 1 aliphatic rings. The van der Waals surface area contributed by atoms with Crippen molar-refractivity contribution in [3.05, 3.63) is 0 Å². The van der Waals surface area contributed by atoms with Crippen LogP contribution in [0.4, 0.5) is 0 Å². The second kappa shape index (κ2) is 32.9. The summed E-state index contributed by atoms with van der Waals surface area (Å²) < 4.78 is 0. The van der Waals surface area contributed by atoms with Crippen LogP contribution in [-0.2, 0) is 0 Å². The van der Waals surface area contributed by atoms with Crippen molar-refractivity contribution in [2.75, 3.05) is 14.1 Å². The molecule has 3 atom stereocenters. The average molecular weight is 618 g/mol. The molecule has 1 fully saturated rings. The maximum atomic E-state index is 2.52. The molecule has 0 aliphatic heterocycles. The van der Waals surface area contributed by atoms with E-state index in [1.54, 1.807) is 19.3 Å². The highest BCUT2D eigenvalue weighted by molar-refractivity contribution is 4.85. The van der Waals surface area contributed by atoms with E-state index in [1.165, 1.54) is 212 Å². The number of rotatable bonds is 37. The van der Waals surface area contributed by atoms with Crippen LogP contribution in [0.5, 0.6) is 0 Å². The van der Waals surface area contributed by atoms with Crippen molar-refractivity contribution in [3.8, 4) is 0 Å². The Morgan fingerprint density at radius 3 is 0.886 bits per heavy atom. The van der Waals surface area contributed by atoms with Gasteiger partial charge in [0.15, 0.2) is 0 Å². The fourth-order valence-corrected chi connectivity index (χ4v) is 7.82. The van der Waals surface area contributed by atoms with Gasteiger partial charge in [0.25, 0.3) is 0 Å². The number of hydrogen-bond acceptors (Lipinski definition) is 1. The van der Waals surface area contributed by atoms with Gasteiger partial charge in [-0.05, 0) is 45.2 Å². The topological polar surface area (TPSA) is 3.24 Å². The highest BCUT2D eigenvalue weighted by Gasteiger charge is 2.35. The third-order valence-corrected chi connectivity index (χ3v) is 11.2. The molecule has 1 aliphatic carbocycles. The maximum absolute atomic E-state index is 2.52. The molecule has 0 N–H and O–H groups in total. The van der Waals surface area contributed by atoms with Crippen LogP contribution in [0.1, 0.15) is 245 Å². The zero-order valence-electron chi connectivity index (χ0n) is 31.6. The Kier molecular flexibility index (Phi) is 31.4. The van der Waals surface area contributed by atoms with Gasteiger partial charge in [0.1, 0.15) is 0 Å². The highest BCUT2D eigenvalue weighted by Crippen LogP contribution is 2.45.